The number of hydrogen-bond donors (Lipinski definition) is 0. The molecule has 164 valence electrons. The van der Waals surface area contributed by atoms with Gasteiger partial charge in [0.05, 0.1) is 24.9 Å². The Hall–Kier alpha value is -2.44. The zero-order valence-electron chi connectivity index (χ0n) is 18.2. The molecule has 0 radical (unpaired) electrons. The van der Waals surface area contributed by atoms with Crippen molar-refractivity contribution in [3.05, 3.63) is 41.7 Å². The first-order chi connectivity index (χ1) is 15.2. The van der Waals surface area contributed by atoms with Crippen molar-refractivity contribution in [3.8, 4) is 22.8 Å². The van der Waals surface area contributed by atoms with Gasteiger partial charge >= 0.3 is 0 Å². The van der Waals surface area contributed by atoms with Gasteiger partial charge < -0.3 is 18.8 Å². The van der Waals surface area contributed by atoms with Crippen LogP contribution >= 0.6 is 11.6 Å². The number of anilines is 1. The maximum Gasteiger partial charge on any atom is 0.141 e. The quantitative estimate of drug-likeness (QED) is 0.573. The number of rotatable bonds is 5. The van der Waals surface area contributed by atoms with Crippen LogP contribution in [-0.2, 0) is 0 Å². The molecule has 31 heavy (non-hydrogen) atoms. The molecule has 1 aliphatic heterocycles. The van der Waals surface area contributed by atoms with Gasteiger partial charge in [-0.1, -0.05) is 24.4 Å². The largest absolute Gasteiger partial charge is 0.496 e. The van der Waals surface area contributed by atoms with E-state index in [2.05, 4.69) is 28.1 Å². The lowest BCUT2D eigenvalue weighted by molar-refractivity contribution is 0.187. The average molecular weight is 441 g/mol. The van der Waals surface area contributed by atoms with Crippen LogP contribution in [0.25, 0.3) is 16.9 Å². The van der Waals surface area contributed by atoms with E-state index >= 15 is 0 Å². The van der Waals surface area contributed by atoms with Crippen LogP contribution in [0.1, 0.15) is 25.7 Å². The molecule has 1 aliphatic carbocycles. The Morgan fingerprint density at radius 3 is 2.42 bits per heavy atom. The highest BCUT2D eigenvalue weighted by molar-refractivity contribution is 6.32. The molecule has 2 aromatic heterocycles. The van der Waals surface area contributed by atoms with E-state index < -0.39 is 0 Å². The molecular weight excluding hydrogens is 412 g/mol. The van der Waals surface area contributed by atoms with Crippen molar-refractivity contribution in [3.63, 3.8) is 0 Å². The molecule has 0 atom stereocenters. The normalized spacial score (nSPS) is 18.1. The van der Waals surface area contributed by atoms with E-state index in [1.165, 1.54) is 31.4 Å². The fraction of sp³-hybridized carbons (Fsp3) is 0.458. The summed E-state index contributed by atoms with van der Waals surface area (Å²) in [5.41, 5.74) is 3.82. The molecule has 0 N–H and O–H groups in total. The Bertz CT molecular complexity index is 1070. The Kier molecular flexibility index (Phi) is 5.67. The monoisotopic (exact) mass is 440 g/mol. The Balaban J connectivity index is 1.38. The van der Waals surface area contributed by atoms with Crippen molar-refractivity contribution in [2.45, 2.75) is 31.7 Å². The van der Waals surface area contributed by atoms with Crippen LogP contribution in [0.2, 0.25) is 5.02 Å². The number of pyridine rings is 1. The zero-order chi connectivity index (χ0) is 21.4. The number of aromatic nitrogens is 2. The molecular formula is C24H29ClN4O2. The third-order valence-corrected chi connectivity index (χ3v) is 7.01. The van der Waals surface area contributed by atoms with E-state index in [1.54, 1.807) is 20.3 Å². The first-order valence-corrected chi connectivity index (χ1v) is 11.4. The summed E-state index contributed by atoms with van der Waals surface area (Å²) in [5, 5.41) is 0.538. The molecule has 7 heteroatoms. The molecule has 3 aromatic rings. The minimum Gasteiger partial charge on any atom is -0.496 e. The van der Waals surface area contributed by atoms with Crippen molar-refractivity contribution in [2.75, 3.05) is 45.3 Å². The summed E-state index contributed by atoms with van der Waals surface area (Å²) in [6.45, 7) is 4.44. The second-order valence-electron chi connectivity index (χ2n) is 8.42. The van der Waals surface area contributed by atoms with E-state index in [9.17, 15) is 0 Å². The summed E-state index contributed by atoms with van der Waals surface area (Å²) in [7, 11) is 3.24. The fourth-order valence-electron chi connectivity index (χ4n) is 4.97. The highest BCUT2D eigenvalue weighted by Gasteiger charge is 2.26. The number of halogens is 1. The third kappa shape index (κ3) is 3.94. The second kappa shape index (κ2) is 8.60. The van der Waals surface area contributed by atoms with Crippen LogP contribution in [-0.4, -0.2) is 60.7 Å². The standard InChI is InChI=1S/C24H29ClN4O2/c1-30-22-15-23(31-2)20(25)14-19(22)21-16-29-8-7-18(13-24(29)26-21)28-11-9-27(10-12-28)17-5-3-4-6-17/h7-8,13-17H,3-6,9-12H2,1-2H3. The Labute approximate surface area is 188 Å². The number of nitrogens with zero attached hydrogens (tertiary/aromatic N) is 4. The lowest BCUT2D eigenvalue weighted by Gasteiger charge is -2.39. The maximum absolute atomic E-state index is 6.37. The average Bonchev–Trinajstić information content (AvgIpc) is 3.48. The van der Waals surface area contributed by atoms with Gasteiger partial charge in [0.25, 0.3) is 0 Å². The maximum atomic E-state index is 6.37. The van der Waals surface area contributed by atoms with Gasteiger partial charge in [0.2, 0.25) is 0 Å². The first kappa shape index (κ1) is 20.5. The number of fused-ring (bicyclic) bond motifs is 1. The molecule has 1 saturated carbocycles. The number of ether oxygens (including phenoxy) is 2. The van der Waals surface area contributed by atoms with Gasteiger partial charge in [0.1, 0.15) is 17.1 Å². The summed E-state index contributed by atoms with van der Waals surface area (Å²) in [5.74, 6) is 1.28. The molecule has 0 unspecified atom stereocenters. The fourth-order valence-corrected chi connectivity index (χ4v) is 5.21. The van der Waals surface area contributed by atoms with Gasteiger partial charge in [-0.15, -0.1) is 0 Å². The highest BCUT2D eigenvalue weighted by atomic mass is 35.5. The predicted molar refractivity (Wildman–Crippen MR) is 125 cm³/mol. The minimum atomic E-state index is 0.538. The number of imidazole rings is 1. The zero-order valence-corrected chi connectivity index (χ0v) is 18.9. The SMILES string of the molecule is COc1cc(OC)c(-c2cn3ccc(N4CCN(C5CCCC5)CC4)cc3n2)cc1Cl. The van der Waals surface area contributed by atoms with Crippen molar-refractivity contribution < 1.29 is 9.47 Å². The van der Waals surface area contributed by atoms with Gasteiger partial charge in [-0.3, -0.25) is 4.90 Å². The van der Waals surface area contributed by atoms with E-state index in [0.717, 1.165) is 49.1 Å². The van der Waals surface area contributed by atoms with Crippen LogP contribution in [0.15, 0.2) is 36.7 Å². The van der Waals surface area contributed by atoms with Crippen LogP contribution in [0, 0.1) is 0 Å². The Morgan fingerprint density at radius 2 is 1.71 bits per heavy atom. The lowest BCUT2D eigenvalue weighted by Crippen LogP contribution is -2.49. The molecule has 2 aliphatic rings. The second-order valence-corrected chi connectivity index (χ2v) is 8.83. The molecule has 0 spiro atoms. The number of hydrogen-bond acceptors (Lipinski definition) is 5. The van der Waals surface area contributed by atoms with Gasteiger partial charge in [-0.05, 0) is 25.0 Å². The summed E-state index contributed by atoms with van der Waals surface area (Å²) in [6.07, 6.45) is 9.64. The molecule has 1 aromatic carbocycles. The molecule has 3 heterocycles. The number of benzene rings is 1. The number of piperazine rings is 1. The van der Waals surface area contributed by atoms with E-state index in [-0.39, 0.29) is 0 Å². The van der Waals surface area contributed by atoms with E-state index in [0.29, 0.717) is 16.5 Å². The Morgan fingerprint density at radius 1 is 0.968 bits per heavy atom. The molecule has 5 rings (SSSR count). The topological polar surface area (TPSA) is 42.2 Å². The van der Waals surface area contributed by atoms with Gasteiger partial charge in [0, 0.05) is 68.0 Å². The van der Waals surface area contributed by atoms with Gasteiger partial charge in [-0.25, -0.2) is 4.98 Å². The van der Waals surface area contributed by atoms with E-state index in [1.807, 2.05) is 16.7 Å². The van der Waals surface area contributed by atoms with Gasteiger partial charge in [0.15, 0.2) is 0 Å². The lowest BCUT2D eigenvalue weighted by atomic mass is 10.1. The molecule has 0 amide bonds. The smallest absolute Gasteiger partial charge is 0.141 e. The van der Waals surface area contributed by atoms with Crippen LogP contribution in [0.5, 0.6) is 11.5 Å². The summed E-state index contributed by atoms with van der Waals surface area (Å²) in [6, 6.07) is 8.82. The van der Waals surface area contributed by atoms with Crippen molar-refractivity contribution in [1.29, 1.82) is 0 Å². The molecule has 1 saturated heterocycles. The third-order valence-electron chi connectivity index (χ3n) is 6.71. The van der Waals surface area contributed by atoms with Gasteiger partial charge in [-0.2, -0.15) is 0 Å². The van der Waals surface area contributed by atoms with Crippen LogP contribution < -0.4 is 14.4 Å². The van der Waals surface area contributed by atoms with Crippen LogP contribution in [0.3, 0.4) is 0 Å². The van der Waals surface area contributed by atoms with Crippen molar-refractivity contribution >= 4 is 22.9 Å². The summed E-state index contributed by atoms with van der Waals surface area (Å²) >= 11 is 6.37. The predicted octanol–water partition coefficient (Wildman–Crippen LogP) is 4.74. The van der Waals surface area contributed by atoms with Crippen molar-refractivity contribution in [1.82, 2.24) is 14.3 Å². The number of methoxy groups -OCH3 is 2. The highest BCUT2D eigenvalue weighted by Crippen LogP contribution is 2.38. The van der Waals surface area contributed by atoms with Crippen molar-refractivity contribution in [2.24, 2.45) is 0 Å². The summed E-state index contributed by atoms with van der Waals surface area (Å²) in [4.78, 5) is 10.0. The van der Waals surface area contributed by atoms with Crippen LogP contribution in [0.4, 0.5) is 5.69 Å². The molecule has 0 bridgehead atoms. The molecule has 2 fully saturated rings. The minimum absolute atomic E-state index is 0.538. The first-order valence-electron chi connectivity index (χ1n) is 11.1. The molecule has 6 nitrogen and oxygen atoms in total. The van der Waals surface area contributed by atoms with E-state index in [4.69, 9.17) is 26.1 Å². The summed E-state index contributed by atoms with van der Waals surface area (Å²) < 4.78 is 12.9.